The Kier molecular flexibility index (Phi) is 5.47. The monoisotopic (exact) mass is 435 g/mol. The number of carbonyl (C=O) groups excluding carboxylic acids is 2. The number of aromatic nitrogens is 1. The Labute approximate surface area is 191 Å². The Bertz CT molecular complexity index is 877. The molecule has 0 spiro atoms. The van der Waals surface area contributed by atoms with Crippen molar-refractivity contribution in [3.8, 4) is 0 Å². The lowest BCUT2D eigenvalue weighted by Gasteiger charge is -2.42. The number of anilines is 1. The van der Waals surface area contributed by atoms with E-state index >= 15 is 0 Å². The van der Waals surface area contributed by atoms with E-state index in [1.54, 1.807) is 0 Å². The van der Waals surface area contributed by atoms with E-state index in [9.17, 15) is 9.59 Å². The Hall–Kier alpha value is -1.91. The van der Waals surface area contributed by atoms with E-state index in [1.165, 1.54) is 38.5 Å². The van der Waals surface area contributed by atoms with Gasteiger partial charge in [0.2, 0.25) is 5.91 Å². The molecule has 2 heterocycles. The number of nitrogens with zero attached hydrogens (tertiary/aromatic N) is 2. The molecule has 3 saturated carbocycles. The first-order valence-corrected chi connectivity index (χ1v) is 13.2. The van der Waals surface area contributed by atoms with Gasteiger partial charge in [0.25, 0.3) is 0 Å². The number of Topliss-reactive ketones (excluding diaryl/α,β-unsaturated/α-hetero) is 1. The fourth-order valence-electron chi connectivity index (χ4n) is 7.18. The first-order chi connectivity index (χ1) is 15.7. The van der Waals surface area contributed by atoms with Gasteiger partial charge >= 0.3 is 0 Å². The lowest BCUT2D eigenvalue weighted by atomic mass is 9.63. The minimum atomic E-state index is 0.246. The van der Waals surface area contributed by atoms with E-state index in [1.807, 2.05) is 6.07 Å². The van der Waals surface area contributed by atoms with Crippen LogP contribution in [0.2, 0.25) is 0 Å². The van der Waals surface area contributed by atoms with E-state index in [0.29, 0.717) is 36.2 Å². The van der Waals surface area contributed by atoms with Crippen LogP contribution in [-0.2, 0) is 11.2 Å². The van der Waals surface area contributed by atoms with Crippen molar-refractivity contribution in [1.82, 2.24) is 10.3 Å². The van der Waals surface area contributed by atoms with E-state index in [2.05, 4.69) is 16.3 Å². The van der Waals surface area contributed by atoms with Gasteiger partial charge < -0.3 is 10.2 Å². The third-order valence-electron chi connectivity index (χ3n) is 9.48. The number of hydrogen-bond acceptors (Lipinski definition) is 4. The van der Waals surface area contributed by atoms with Gasteiger partial charge in [-0.1, -0.05) is 38.5 Å². The van der Waals surface area contributed by atoms with Crippen molar-refractivity contribution in [3.05, 3.63) is 23.4 Å². The van der Waals surface area contributed by atoms with E-state index in [-0.39, 0.29) is 5.78 Å². The molecule has 4 fully saturated rings. The lowest BCUT2D eigenvalue weighted by molar-refractivity contribution is -0.125. The van der Waals surface area contributed by atoms with Crippen LogP contribution in [0, 0.1) is 23.7 Å². The molecule has 5 nitrogen and oxygen atoms in total. The molecule has 0 aromatic carbocycles. The summed E-state index contributed by atoms with van der Waals surface area (Å²) in [4.78, 5) is 32.6. The molecule has 1 aromatic heterocycles. The van der Waals surface area contributed by atoms with E-state index < -0.39 is 0 Å². The number of ketones is 1. The molecule has 2 bridgehead atoms. The molecule has 1 aliphatic heterocycles. The Morgan fingerprint density at radius 1 is 1.03 bits per heavy atom. The summed E-state index contributed by atoms with van der Waals surface area (Å²) >= 11 is 0. The number of pyridine rings is 1. The standard InChI is InChI=1S/C27H37N3O2/c31-25-9-3-8-24-21(25)11-13-26(28-24)30-16-19-14-20(30)10-12-23(19)29-27(32)15-22(17-4-1-5-17)18-6-2-7-18/h11,13,17-20,22-23H,1-10,12,14-16H2,(H,29,32). The second-order valence-electron chi connectivity index (χ2n) is 11.2. The zero-order valence-electron chi connectivity index (χ0n) is 19.2. The molecule has 3 unspecified atom stereocenters. The summed E-state index contributed by atoms with van der Waals surface area (Å²) < 4.78 is 0. The van der Waals surface area contributed by atoms with Crippen LogP contribution in [0.25, 0.3) is 0 Å². The van der Waals surface area contributed by atoms with E-state index in [0.717, 1.165) is 74.0 Å². The second-order valence-corrected chi connectivity index (χ2v) is 11.2. The molecule has 5 aliphatic rings. The van der Waals surface area contributed by atoms with Gasteiger partial charge in [0.05, 0.1) is 5.69 Å². The maximum Gasteiger partial charge on any atom is 0.220 e. The summed E-state index contributed by atoms with van der Waals surface area (Å²) in [6.07, 6.45) is 14.7. The fraction of sp³-hybridized carbons (Fsp3) is 0.741. The van der Waals surface area contributed by atoms with Gasteiger partial charge in [-0.05, 0) is 67.9 Å². The van der Waals surface area contributed by atoms with Crippen molar-refractivity contribution in [3.63, 3.8) is 0 Å². The number of hydrogen-bond donors (Lipinski definition) is 1. The number of carbonyl (C=O) groups is 2. The highest BCUT2D eigenvalue weighted by Crippen LogP contribution is 2.46. The number of rotatable bonds is 6. The number of fused-ring (bicyclic) bond motifs is 3. The predicted molar refractivity (Wildman–Crippen MR) is 125 cm³/mol. The van der Waals surface area contributed by atoms with Crippen LogP contribution in [0.15, 0.2) is 12.1 Å². The zero-order chi connectivity index (χ0) is 21.7. The van der Waals surface area contributed by atoms with Crippen LogP contribution in [0.1, 0.15) is 93.1 Å². The number of amides is 1. The van der Waals surface area contributed by atoms with Crippen LogP contribution in [0.5, 0.6) is 0 Å². The molecule has 1 saturated heterocycles. The zero-order valence-corrected chi connectivity index (χ0v) is 19.2. The Balaban J connectivity index is 1.09. The molecule has 3 atom stereocenters. The van der Waals surface area contributed by atoms with Crippen molar-refractivity contribution >= 4 is 17.5 Å². The van der Waals surface area contributed by atoms with Crippen LogP contribution in [0.3, 0.4) is 0 Å². The normalized spacial score (nSPS) is 30.1. The Morgan fingerprint density at radius 2 is 1.81 bits per heavy atom. The van der Waals surface area contributed by atoms with Gasteiger partial charge in [-0.2, -0.15) is 0 Å². The van der Waals surface area contributed by atoms with Crippen LogP contribution >= 0.6 is 0 Å². The van der Waals surface area contributed by atoms with Gasteiger partial charge in [-0.3, -0.25) is 9.59 Å². The second kappa shape index (κ2) is 8.46. The minimum Gasteiger partial charge on any atom is -0.353 e. The highest BCUT2D eigenvalue weighted by molar-refractivity contribution is 5.98. The Morgan fingerprint density at radius 3 is 2.53 bits per heavy atom. The first-order valence-electron chi connectivity index (χ1n) is 13.2. The summed E-state index contributed by atoms with van der Waals surface area (Å²) in [5.74, 6) is 4.36. The van der Waals surface area contributed by atoms with Crippen LogP contribution < -0.4 is 10.2 Å². The van der Waals surface area contributed by atoms with Crippen molar-refractivity contribution < 1.29 is 9.59 Å². The van der Waals surface area contributed by atoms with E-state index in [4.69, 9.17) is 4.98 Å². The SMILES string of the molecule is O=C(CC(C1CCC1)C1CCC1)NC1CCC2CC1CN2c1ccc2c(n1)CCCC2=O. The molecule has 0 radical (unpaired) electrons. The van der Waals surface area contributed by atoms with Crippen LogP contribution in [0.4, 0.5) is 5.82 Å². The smallest absolute Gasteiger partial charge is 0.220 e. The maximum atomic E-state index is 13.1. The van der Waals surface area contributed by atoms with Crippen molar-refractivity contribution in [2.24, 2.45) is 23.7 Å². The number of nitrogens with one attached hydrogen (secondary N) is 1. The molecular formula is C27H37N3O2. The minimum absolute atomic E-state index is 0.246. The van der Waals surface area contributed by atoms with Crippen molar-refractivity contribution in [2.75, 3.05) is 11.4 Å². The molecule has 6 rings (SSSR count). The summed E-state index contributed by atoms with van der Waals surface area (Å²) in [7, 11) is 0. The lowest BCUT2D eigenvalue weighted by Crippen LogP contribution is -2.44. The first kappa shape index (κ1) is 20.7. The third kappa shape index (κ3) is 3.76. The van der Waals surface area contributed by atoms with Crippen LogP contribution in [-0.4, -0.2) is 35.3 Å². The van der Waals surface area contributed by atoms with Gasteiger partial charge in [0.15, 0.2) is 5.78 Å². The summed E-state index contributed by atoms with van der Waals surface area (Å²) in [5, 5.41) is 3.48. The summed E-state index contributed by atoms with van der Waals surface area (Å²) in [6, 6.07) is 4.89. The van der Waals surface area contributed by atoms with Gasteiger partial charge in [0, 0.05) is 37.0 Å². The molecule has 172 valence electrons. The molecule has 5 heteroatoms. The largest absolute Gasteiger partial charge is 0.353 e. The highest BCUT2D eigenvalue weighted by Gasteiger charge is 2.43. The molecule has 32 heavy (non-hydrogen) atoms. The molecule has 1 amide bonds. The van der Waals surface area contributed by atoms with Gasteiger partial charge in [0.1, 0.15) is 5.82 Å². The van der Waals surface area contributed by atoms with Gasteiger partial charge in [-0.15, -0.1) is 0 Å². The van der Waals surface area contributed by atoms with Crippen molar-refractivity contribution in [2.45, 2.75) is 95.6 Å². The molecule has 4 aliphatic carbocycles. The highest BCUT2D eigenvalue weighted by atomic mass is 16.1. The topological polar surface area (TPSA) is 62.3 Å². The summed E-state index contributed by atoms with van der Waals surface area (Å²) in [6.45, 7) is 0.976. The third-order valence-corrected chi connectivity index (χ3v) is 9.48. The predicted octanol–water partition coefficient (Wildman–Crippen LogP) is 4.68. The maximum absolute atomic E-state index is 13.1. The fourth-order valence-corrected chi connectivity index (χ4v) is 7.18. The molecular weight excluding hydrogens is 398 g/mol. The van der Waals surface area contributed by atoms with Gasteiger partial charge in [-0.25, -0.2) is 4.98 Å². The molecule has 1 N–H and O–H groups in total. The number of aryl methyl sites for hydroxylation is 1. The van der Waals surface area contributed by atoms with Crippen molar-refractivity contribution in [1.29, 1.82) is 0 Å². The molecule has 1 aromatic rings. The average molecular weight is 436 g/mol. The quantitative estimate of drug-likeness (QED) is 0.705. The average Bonchev–Trinajstić information content (AvgIpc) is 3.05. The summed E-state index contributed by atoms with van der Waals surface area (Å²) in [5.41, 5.74) is 1.82.